The summed E-state index contributed by atoms with van der Waals surface area (Å²) in [5.41, 5.74) is 1.47. The van der Waals surface area contributed by atoms with Crippen LogP contribution in [0.2, 0.25) is 0 Å². The molecule has 0 aliphatic heterocycles. The molecule has 84 valence electrons. The predicted molar refractivity (Wildman–Crippen MR) is 66.4 cm³/mol. The molecule has 0 nitrogen and oxygen atoms in total. The maximum absolute atomic E-state index is 2.44. The van der Waals surface area contributed by atoms with Gasteiger partial charge in [-0.1, -0.05) is 45.8 Å². The van der Waals surface area contributed by atoms with Crippen molar-refractivity contribution in [3.63, 3.8) is 0 Å². The Labute approximate surface area is 90.8 Å². The molecular formula is C14H28. The van der Waals surface area contributed by atoms with Gasteiger partial charge in [0.1, 0.15) is 0 Å². The largest absolute Gasteiger partial charge is 0.0828 e. The van der Waals surface area contributed by atoms with E-state index in [-0.39, 0.29) is 0 Å². The van der Waals surface area contributed by atoms with Gasteiger partial charge in [0.05, 0.1) is 0 Å². The molecule has 0 bridgehead atoms. The fourth-order valence-electron chi connectivity index (χ4n) is 1.94. The lowest BCUT2D eigenvalue weighted by molar-refractivity contribution is 0.317. The quantitative estimate of drug-likeness (QED) is 0.521. The van der Waals surface area contributed by atoms with E-state index in [1.54, 1.807) is 0 Å². The summed E-state index contributed by atoms with van der Waals surface area (Å²) in [4.78, 5) is 0. The molecular weight excluding hydrogens is 168 g/mol. The van der Waals surface area contributed by atoms with Crippen LogP contribution < -0.4 is 0 Å². The zero-order chi connectivity index (χ0) is 11.1. The highest BCUT2D eigenvalue weighted by molar-refractivity contribution is 4.97. The second kappa shape index (κ2) is 7.09. The maximum atomic E-state index is 2.44. The molecule has 0 aliphatic carbocycles. The van der Waals surface area contributed by atoms with Gasteiger partial charge < -0.3 is 0 Å². The fourth-order valence-corrected chi connectivity index (χ4v) is 1.94. The third-order valence-electron chi connectivity index (χ3n) is 3.38. The minimum absolute atomic E-state index is 0.795. The fraction of sp³-hybridized carbons (Fsp3) is 0.857. The summed E-state index contributed by atoms with van der Waals surface area (Å²) in [5, 5.41) is 0. The topological polar surface area (TPSA) is 0 Å². The van der Waals surface area contributed by atoms with Crippen LogP contribution in [0.5, 0.6) is 0 Å². The average Bonchev–Trinajstić information content (AvgIpc) is 2.14. The molecule has 0 spiro atoms. The normalized spacial score (nSPS) is 17.3. The summed E-state index contributed by atoms with van der Waals surface area (Å²) < 4.78 is 0. The third-order valence-corrected chi connectivity index (χ3v) is 3.38. The monoisotopic (exact) mass is 196 g/mol. The van der Waals surface area contributed by atoms with Gasteiger partial charge >= 0.3 is 0 Å². The van der Waals surface area contributed by atoms with E-state index in [1.165, 1.54) is 24.8 Å². The van der Waals surface area contributed by atoms with Crippen molar-refractivity contribution in [1.82, 2.24) is 0 Å². The van der Waals surface area contributed by atoms with Crippen LogP contribution >= 0.6 is 0 Å². The van der Waals surface area contributed by atoms with E-state index in [2.05, 4.69) is 47.6 Å². The Balaban J connectivity index is 4.11. The summed E-state index contributed by atoms with van der Waals surface area (Å²) >= 11 is 0. The van der Waals surface area contributed by atoms with Crippen LogP contribution in [0.3, 0.4) is 0 Å². The molecule has 0 aromatic rings. The van der Waals surface area contributed by atoms with Crippen molar-refractivity contribution in [3.05, 3.63) is 11.6 Å². The molecule has 0 N–H and O–H groups in total. The Kier molecular flexibility index (Phi) is 6.96. The van der Waals surface area contributed by atoms with Crippen molar-refractivity contribution < 1.29 is 0 Å². The van der Waals surface area contributed by atoms with Crippen molar-refractivity contribution in [2.24, 2.45) is 17.8 Å². The van der Waals surface area contributed by atoms with Gasteiger partial charge in [-0.2, -0.15) is 0 Å². The van der Waals surface area contributed by atoms with Crippen molar-refractivity contribution >= 4 is 0 Å². The number of rotatable bonds is 6. The lowest BCUT2D eigenvalue weighted by atomic mass is 9.84. The predicted octanol–water partition coefficient (Wildman–Crippen LogP) is 5.05. The average molecular weight is 196 g/mol. The number of allylic oxidation sites excluding steroid dienone is 2. The van der Waals surface area contributed by atoms with Gasteiger partial charge in [-0.25, -0.2) is 0 Å². The zero-order valence-corrected chi connectivity index (χ0v) is 10.9. The molecule has 0 aromatic carbocycles. The van der Waals surface area contributed by atoms with Crippen molar-refractivity contribution in [2.75, 3.05) is 0 Å². The lowest BCUT2D eigenvalue weighted by Crippen LogP contribution is -2.11. The van der Waals surface area contributed by atoms with Gasteiger partial charge in [-0.15, -0.1) is 0 Å². The number of hydrogen-bond donors (Lipinski definition) is 0. The van der Waals surface area contributed by atoms with Gasteiger partial charge in [0.25, 0.3) is 0 Å². The van der Waals surface area contributed by atoms with Crippen molar-refractivity contribution in [1.29, 1.82) is 0 Å². The van der Waals surface area contributed by atoms with Gasteiger partial charge in [0, 0.05) is 0 Å². The first-order valence-corrected chi connectivity index (χ1v) is 6.16. The molecule has 14 heavy (non-hydrogen) atoms. The van der Waals surface area contributed by atoms with Crippen LogP contribution in [0.25, 0.3) is 0 Å². The summed E-state index contributed by atoms with van der Waals surface area (Å²) in [5.74, 6) is 2.53. The highest BCUT2D eigenvalue weighted by Crippen LogP contribution is 2.25. The first-order chi connectivity index (χ1) is 6.51. The molecule has 0 saturated carbocycles. The van der Waals surface area contributed by atoms with Crippen LogP contribution in [-0.2, 0) is 0 Å². The first-order valence-electron chi connectivity index (χ1n) is 6.16. The first kappa shape index (κ1) is 13.7. The van der Waals surface area contributed by atoms with Gasteiger partial charge in [0.15, 0.2) is 0 Å². The smallest absolute Gasteiger partial charge is 0.0231 e. The molecule has 0 amide bonds. The minimum Gasteiger partial charge on any atom is -0.0828 e. The highest BCUT2D eigenvalue weighted by atomic mass is 14.2. The van der Waals surface area contributed by atoms with Gasteiger partial charge in [-0.3, -0.25) is 0 Å². The van der Waals surface area contributed by atoms with Gasteiger partial charge in [-0.05, 0) is 44.4 Å². The SMILES string of the molecule is CCC(C=C(C)C)CC(C)C(C)CC. The Morgan fingerprint density at radius 3 is 1.93 bits per heavy atom. The van der Waals surface area contributed by atoms with Crippen LogP contribution in [0, 0.1) is 17.8 Å². The Morgan fingerprint density at radius 2 is 1.57 bits per heavy atom. The second-order valence-electron chi connectivity index (χ2n) is 5.01. The molecule has 0 heterocycles. The van der Waals surface area contributed by atoms with E-state index in [1.807, 2.05) is 0 Å². The third kappa shape index (κ3) is 5.47. The van der Waals surface area contributed by atoms with Crippen LogP contribution in [0.1, 0.15) is 60.8 Å². The van der Waals surface area contributed by atoms with E-state index in [0.29, 0.717) is 0 Å². The molecule has 3 atom stereocenters. The molecule has 0 heteroatoms. The minimum atomic E-state index is 0.795. The lowest BCUT2D eigenvalue weighted by Gasteiger charge is -2.22. The van der Waals surface area contributed by atoms with Gasteiger partial charge in [0.2, 0.25) is 0 Å². The second-order valence-corrected chi connectivity index (χ2v) is 5.01. The van der Waals surface area contributed by atoms with E-state index in [0.717, 1.165) is 17.8 Å². The summed E-state index contributed by atoms with van der Waals surface area (Å²) in [6.07, 6.45) is 6.40. The van der Waals surface area contributed by atoms with Crippen LogP contribution in [0.15, 0.2) is 11.6 Å². The molecule has 0 aliphatic rings. The van der Waals surface area contributed by atoms with Crippen LogP contribution in [0.4, 0.5) is 0 Å². The molecule has 0 aromatic heterocycles. The molecule has 0 saturated heterocycles. The molecule has 0 fully saturated rings. The number of hydrogen-bond acceptors (Lipinski definition) is 0. The molecule has 0 radical (unpaired) electrons. The Hall–Kier alpha value is -0.260. The zero-order valence-electron chi connectivity index (χ0n) is 10.9. The van der Waals surface area contributed by atoms with E-state index >= 15 is 0 Å². The van der Waals surface area contributed by atoms with Crippen LogP contribution in [-0.4, -0.2) is 0 Å². The van der Waals surface area contributed by atoms with E-state index in [9.17, 15) is 0 Å². The molecule has 0 rings (SSSR count). The van der Waals surface area contributed by atoms with Crippen molar-refractivity contribution in [3.8, 4) is 0 Å². The standard InChI is InChI=1S/C14H28/c1-7-12(5)13(6)10-14(8-2)9-11(3)4/h9,12-14H,7-8,10H2,1-6H3. The maximum Gasteiger partial charge on any atom is -0.0231 e. The Bertz CT molecular complexity index is 163. The summed E-state index contributed by atoms with van der Waals surface area (Å²) in [7, 11) is 0. The van der Waals surface area contributed by atoms with E-state index < -0.39 is 0 Å². The summed E-state index contributed by atoms with van der Waals surface area (Å²) in [6, 6.07) is 0. The highest BCUT2D eigenvalue weighted by Gasteiger charge is 2.14. The van der Waals surface area contributed by atoms with E-state index in [4.69, 9.17) is 0 Å². The summed E-state index contributed by atoms with van der Waals surface area (Å²) in [6.45, 7) is 13.8. The Morgan fingerprint density at radius 1 is 1.00 bits per heavy atom. The van der Waals surface area contributed by atoms with Crippen molar-refractivity contribution in [2.45, 2.75) is 60.8 Å². The molecule has 3 unspecified atom stereocenters.